The summed E-state index contributed by atoms with van der Waals surface area (Å²) in [7, 11) is 0. The minimum absolute atomic E-state index is 0.454. The zero-order chi connectivity index (χ0) is 12.3. The number of likely N-dealkylation sites (tertiary alicyclic amines) is 1. The van der Waals surface area contributed by atoms with Gasteiger partial charge in [0, 0.05) is 32.3 Å². The van der Waals surface area contributed by atoms with Crippen LogP contribution in [0.5, 0.6) is 0 Å². The van der Waals surface area contributed by atoms with Gasteiger partial charge in [0.2, 0.25) is 0 Å². The van der Waals surface area contributed by atoms with Crippen LogP contribution < -0.4 is 5.73 Å². The lowest BCUT2D eigenvalue weighted by Crippen LogP contribution is -2.38. The normalized spacial score (nSPS) is 34.2. The highest BCUT2D eigenvalue weighted by molar-refractivity contribution is 4.92. The van der Waals surface area contributed by atoms with Crippen LogP contribution in [0, 0.1) is 17.8 Å². The van der Waals surface area contributed by atoms with E-state index >= 15 is 0 Å². The molecule has 2 rings (SSSR count). The van der Waals surface area contributed by atoms with Crippen LogP contribution >= 0.6 is 0 Å². The Morgan fingerprint density at radius 2 is 2.12 bits per heavy atom. The summed E-state index contributed by atoms with van der Waals surface area (Å²) in [4.78, 5) is 2.56. The molecule has 0 aromatic rings. The standard InChI is InChI=1S/C14H28N2O/c1-11(2)10-17-7-6-16-8-12-4-3-5-14(15)13(12)9-16/h11-14H,3-10,15H2,1-2H3. The van der Waals surface area contributed by atoms with Crippen LogP contribution in [0.4, 0.5) is 0 Å². The maximum atomic E-state index is 6.22. The molecule has 0 aromatic heterocycles. The molecule has 0 aromatic carbocycles. The summed E-state index contributed by atoms with van der Waals surface area (Å²) >= 11 is 0. The molecule has 1 aliphatic heterocycles. The van der Waals surface area contributed by atoms with Gasteiger partial charge in [-0.3, -0.25) is 0 Å². The quantitative estimate of drug-likeness (QED) is 0.744. The minimum atomic E-state index is 0.454. The smallest absolute Gasteiger partial charge is 0.0593 e. The Morgan fingerprint density at radius 3 is 2.82 bits per heavy atom. The molecule has 3 heteroatoms. The molecule has 1 aliphatic carbocycles. The lowest BCUT2D eigenvalue weighted by Gasteiger charge is -2.29. The van der Waals surface area contributed by atoms with E-state index in [4.69, 9.17) is 10.5 Å². The van der Waals surface area contributed by atoms with Crippen LogP contribution in [0.25, 0.3) is 0 Å². The SMILES string of the molecule is CC(C)COCCN1CC2CCCC(N)C2C1. The zero-order valence-corrected chi connectivity index (χ0v) is 11.4. The van der Waals surface area contributed by atoms with Gasteiger partial charge in [-0.15, -0.1) is 0 Å². The number of nitrogens with two attached hydrogens (primary N) is 1. The van der Waals surface area contributed by atoms with Crippen molar-refractivity contribution in [2.24, 2.45) is 23.5 Å². The number of ether oxygens (including phenoxy) is 1. The minimum Gasteiger partial charge on any atom is -0.380 e. The average molecular weight is 240 g/mol. The summed E-state index contributed by atoms with van der Waals surface area (Å²) in [6.07, 6.45) is 3.96. The molecule has 0 spiro atoms. The molecule has 1 saturated carbocycles. The van der Waals surface area contributed by atoms with Gasteiger partial charge in [0.1, 0.15) is 0 Å². The van der Waals surface area contributed by atoms with Gasteiger partial charge in [-0.2, -0.15) is 0 Å². The van der Waals surface area contributed by atoms with Gasteiger partial charge in [-0.1, -0.05) is 20.3 Å². The number of rotatable bonds is 5. The number of nitrogens with zero attached hydrogens (tertiary/aromatic N) is 1. The van der Waals surface area contributed by atoms with Crippen LogP contribution in [-0.2, 0) is 4.74 Å². The fourth-order valence-electron chi connectivity index (χ4n) is 3.30. The second-order valence-electron chi connectivity index (χ2n) is 6.25. The summed E-state index contributed by atoms with van der Waals surface area (Å²) in [6, 6.07) is 0.454. The van der Waals surface area contributed by atoms with E-state index in [1.165, 1.54) is 32.4 Å². The van der Waals surface area contributed by atoms with Gasteiger partial charge >= 0.3 is 0 Å². The van der Waals surface area contributed by atoms with Crippen molar-refractivity contribution in [1.29, 1.82) is 0 Å². The first kappa shape index (κ1) is 13.3. The first-order valence-electron chi connectivity index (χ1n) is 7.22. The lowest BCUT2D eigenvalue weighted by atomic mass is 9.78. The molecule has 3 atom stereocenters. The van der Waals surface area contributed by atoms with Crippen LogP contribution in [0.3, 0.4) is 0 Å². The Labute approximate surface area is 106 Å². The molecule has 1 saturated heterocycles. The predicted molar refractivity (Wildman–Crippen MR) is 70.9 cm³/mol. The highest BCUT2D eigenvalue weighted by Crippen LogP contribution is 2.35. The predicted octanol–water partition coefficient (Wildman–Crippen LogP) is 1.72. The van der Waals surface area contributed by atoms with Crippen molar-refractivity contribution in [3.63, 3.8) is 0 Å². The Bertz CT molecular complexity index is 232. The molecule has 1 heterocycles. The van der Waals surface area contributed by atoms with E-state index in [0.29, 0.717) is 12.0 Å². The summed E-state index contributed by atoms with van der Waals surface area (Å²) in [5.74, 6) is 2.27. The van der Waals surface area contributed by atoms with Crippen LogP contribution in [0.2, 0.25) is 0 Å². The molecule has 17 heavy (non-hydrogen) atoms. The second kappa shape index (κ2) is 6.17. The van der Waals surface area contributed by atoms with Gasteiger partial charge in [0.25, 0.3) is 0 Å². The van der Waals surface area contributed by atoms with Crippen molar-refractivity contribution in [2.45, 2.75) is 39.2 Å². The molecular weight excluding hydrogens is 212 g/mol. The molecule has 100 valence electrons. The number of hydrogen-bond acceptors (Lipinski definition) is 3. The molecule has 3 nitrogen and oxygen atoms in total. The second-order valence-corrected chi connectivity index (χ2v) is 6.25. The fourth-order valence-corrected chi connectivity index (χ4v) is 3.30. The van der Waals surface area contributed by atoms with Crippen molar-refractivity contribution in [2.75, 3.05) is 32.8 Å². The third-order valence-corrected chi connectivity index (χ3v) is 4.23. The monoisotopic (exact) mass is 240 g/mol. The maximum absolute atomic E-state index is 6.22. The molecule has 2 N–H and O–H groups in total. The third kappa shape index (κ3) is 3.67. The van der Waals surface area contributed by atoms with Crippen molar-refractivity contribution in [3.8, 4) is 0 Å². The van der Waals surface area contributed by atoms with E-state index in [2.05, 4.69) is 18.7 Å². The summed E-state index contributed by atoms with van der Waals surface area (Å²) in [5, 5.41) is 0. The zero-order valence-electron chi connectivity index (χ0n) is 11.4. The largest absolute Gasteiger partial charge is 0.380 e. The topological polar surface area (TPSA) is 38.5 Å². The summed E-state index contributed by atoms with van der Waals surface area (Å²) in [6.45, 7) is 9.71. The Hall–Kier alpha value is -0.120. The van der Waals surface area contributed by atoms with E-state index in [9.17, 15) is 0 Å². The van der Waals surface area contributed by atoms with Gasteiger partial charge < -0.3 is 15.4 Å². The van der Waals surface area contributed by atoms with E-state index in [0.717, 1.165) is 31.6 Å². The van der Waals surface area contributed by atoms with Gasteiger partial charge in [-0.05, 0) is 30.6 Å². The summed E-state index contributed by atoms with van der Waals surface area (Å²) in [5.41, 5.74) is 6.22. The number of fused-ring (bicyclic) bond motifs is 1. The molecule has 0 bridgehead atoms. The molecule has 2 aliphatic rings. The molecular formula is C14H28N2O. The van der Waals surface area contributed by atoms with Crippen molar-refractivity contribution >= 4 is 0 Å². The van der Waals surface area contributed by atoms with Crippen molar-refractivity contribution in [1.82, 2.24) is 4.90 Å². The first-order chi connectivity index (χ1) is 8.16. The van der Waals surface area contributed by atoms with E-state index < -0.39 is 0 Å². The van der Waals surface area contributed by atoms with E-state index in [-0.39, 0.29) is 0 Å². The Morgan fingerprint density at radius 1 is 1.29 bits per heavy atom. The molecule has 0 radical (unpaired) electrons. The number of hydrogen-bond donors (Lipinski definition) is 1. The average Bonchev–Trinajstić information content (AvgIpc) is 2.69. The van der Waals surface area contributed by atoms with Gasteiger partial charge in [-0.25, -0.2) is 0 Å². The Balaban J connectivity index is 1.67. The lowest BCUT2D eigenvalue weighted by molar-refractivity contribution is 0.0898. The van der Waals surface area contributed by atoms with Crippen LogP contribution in [-0.4, -0.2) is 43.8 Å². The van der Waals surface area contributed by atoms with E-state index in [1.54, 1.807) is 0 Å². The highest BCUT2D eigenvalue weighted by Gasteiger charge is 2.38. The van der Waals surface area contributed by atoms with Gasteiger partial charge in [0.05, 0.1) is 6.61 Å². The summed E-state index contributed by atoms with van der Waals surface area (Å²) < 4.78 is 5.66. The molecule has 3 unspecified atom stereocenters. The highest BCUT2D eigenvalue weighted by atomic mass is 16.5. The van der Waals surface area contributed by atoms with Crippen LogP contribution in [0.15, 0.2) is 0 Å². The Kier molecular flexibility index (Phi) is 4.83. The maximum Gasteiger partial charge on any atom is 0.0593 e. The fraction of sp³-hybridized carbons (Fsp3) is 1.00. The van der Waals surface area contributed by atoms with E-state index in [1.807, 2.05) is 0 Å². The molecule has 2 fully saturated rings. The van der Waals surface area contributed by atoms with Crippen LogP contribution in [0.1, 0.15) is 33.1 Å². The van der Waals surface area contributed by atoms with Crippen molar-refractivity contribution in [3.05, 3.63) is 0 Å². The van der Waals surface area contributed by atoms with Crippen molar-refractivity contribution < 1.29 is 4.74 Å². The first-order valence-corrected chi connectivity index (χ1v) is 7.22. The van der Waals surface area contributed by atoms with Gasteiger partial charge in [0.15, 0.2) is 0 Å². The third-order valence-electron chi connectivity index (χ3n) is 4.23. The molecule has 0 amide bonds.